The summed E-state index contributed by atoms with van der Waals surface area (Å²) in [6, 6.07) is 4.82. The van der Waals surface area contributed by atoms with Gasteiger partial charge in [0.2, 0.25) is 0 Å². The zero-order chi connectivity index (χ0) is 11.3. The minimum absolute atomic E-state index is 0.0211. The summed E-state index contributed by atoms with van der Waals surface area (Å²) in [4.78, 5) is 0. The second kappa shape index (κ2) is 5.86. The molecule has 0 saturated heterocycles. The van der Waals surface area contributed by atoms with E-state index < -0.39 is 0 Å². The zero-order valence-electron chi connectivity index (χ0n) is 9.59. The van der Waals surface area contributed by atoms with Crippen molar-refractivity contribution in [2.45, 2.75) is 45.6 Å². The number of hydrogen-bond donors (Lipinski definition) is 1. The third kappa shape index (κ3) is 3.63. The molecular weight excluding hydrogens is 189 g/mol. The van der Waals surface area contributed by atoms with Crippen molar-refractivity contribution in [1.29, 1.82) is 0 Å². The topological polar surface area (TPSA) is 26.0 Å². The van der Waals surface area contributed by atoms with E-state index in [2.05, 4.69) is 6.92 Å². The Kier molecular flexibility index (Phi) is 4.76. The van der Waals surface area contributed by atoms with E-state index in [-0.39, 0.29) is 11.9 Å². The van der Waals surface area contributed by atoms with Crippen molar-refractivity contribution in [3.63, 3.8) is 0 Å². The maximum atomic E-state index is 13.0. The van der Waals surface area contributed by atoms with Crippen LogP contribution in [0.5, 0.6) is 0 Å². The van der Waals surface area contributed by atoms with Gasteiger partial charge in [-0.1, -0.05) is 32.3 Å². The highest BCUT2D eigenvalue weighted by molar-refractivity contribution is 5.29. The Bertz CT molecular complexity index is 309. The molecule has 1 aromatic rings. The summed E-state index contributed by atoms with van der Waals surface area (Å²) in [5.74, 6) is -0.193. The van der Waals surface area contributed by atoms with Gasteiger partial charge in [-0.15, -0.1) is 0 Å². The fourth-order valence-corrected chi connectivity index (χ4v) is 1.78. The lowest BCUT2D eigenvalue weighted by Crippen LogP contribution is -2.12. The Morgan fingerprint density at radius 3 is 2.73 bits per heavy atom. The quantitative estimate of drug-likeness (QED) is 0.735. The largest absolute Gasteiger partial charge is 0.324 e. The van der Waals surface area contributed by atoms with Crippen LogP contribution in [0, 0.1) is 12.7 Å². The normalized spacial score (nSPS) is 12.8. The van der Waals surface area contributed by atoms with E-state index >= 15 is 0 Å². The van der Waals surface area contributed by atoms with Gasteiger partial charge in [-0.2, -0.15) is 0 Å². The number of unbranched alkanes of at least 4 members (excludes halogenated alkanes) is 2. The standard InChI is InChI=1S/C13H20FN/c1-3-4-5-6-13(15)12-9-11(14)8-7-10(12)2/h7-9,13H,3-6,15H2,1-2H3. The predicted molar refractivity (Wildman–Crippen MR) is 62.2 cm³/mol. The van der Waals surface area contributed by atoms with E-state index in [1.165, 1.54) is 18.9 Å². The molecule has 0 aromatic heterocycles. The fraction of sp³-hybridized carbons (Fsp3) is 0.538. The van der Waals surface area contributed by atoms with Crippen LogP contribution in [0.3, 0.4) is 0 Å². The zero-order valence-corrected chi connectivity index (χ0v) is 9.59. The van der Waals surface area contributed by atoms with E-state index in [1.54, 1.807) is 12.1 Å². The molecule has 1 nitrogen and oxygen atoms in total. The van der Waals surface area contributed by atoms with Crippen LogP contribution >= 0.6 is 0 Å². The summed E-state index contributed by atoms with van der Waals surface area (Å²) in [5.41, 5.74) is 8.07. The molecule has 2 heteroatoms. The Labute approximate surface area is 91.5 Å². The third-order valence-electron chi connectivity index (χ3n) is 2.76. The smallest absolute Gasteiger partial charge is 0.123 e. The van der Waals surface area contributed by atoms with Crippen LogP contribution in [0.1, 0.15) is 49.8 Å². The lowest BCUT2D eigenvalue weighted by atomic mass is 9.97. The number of hydrogen-bond acceptors (Lipinski definition) is 1. The molecule has 15 heavy (non-hydrogen) atoms. The van der Waals surface area contributed by atoms with E-state index in [9.17, 15) is 4.39 Å². The summed E-state index contributed by atoms with van der Waals surface area (Å²) in [6.07, 6.45) is 4.45. The molecule has 0 amide bonds. The monoisotopic (exact) mass is 209 g/mol. The first-order chi connectivity index (χ1) is 7.15. The summed E-state index contributed by atoms with van der Waals surface area (Å²) >= 11 is 0. The Morgan fingerprint density at radius 1 is 1.33 bits per heavy atom. The molecule has 0 fully saturated rings. The Hall–Kier alpha value is -0.890. The van der Waals surface area contributed by atoms with Gasteiger partial charge in [0.05, 0.1) is 0 Å². The number of nitrogens with two attached hydrogens (primary N) is 1. The molecule has 0 aliphatic rings. The molecule has 0 radical (unpaired) electrons. The van der Waals surface area contributed by atoms with Gasteiger partial charge in [0.1, 0.15) is 5.82 Å². The summed E-state index contributed by atoms with van der Waals surface area (Å²) in [6.45, 7) is 4.15. The molecule has 1 unspecified atom stereocenters. The maximum absolute atomic E-state index is 13.0. The summed E-state index contributed by atoms with van der Waals surface area (Å²) in [7, 11) is 0. The third-order valence-corrected chi connectivity index (χ3v) is 2.76. The van der Waals surface area contributed by atoms with E-state index in [0.717, 1.165) is 24.0 Å². The maximum Gasteiger partial charge on any atom is 0.123 e. The van der Waals surface area contributed by atoms with Crippen LogP contribution in [0.4, 0.5) is 4.39 Å². The van der Waals surface area contributed by atoms with Crippen LogP contribution in [-0.4, -0.2) is 0 Å². The molecule has 2 N–H and O–H groups in total. The molecule has 1 atom stereocenters. The van der Waals surface area contributed by atoms with Crippen LogP contribution in [0.2, 0.25) is 0 Å². The highest BCUT2D eigenvalue weighted by Gasteiger charge is 2.09. The van der Waals surface area contributed by atoms with Crippen LogP contribution in [0.15, 0.2) is 18.2 Å². The Morgan fingerprint density at radius 2 is 2.07 bits per heavy atom. The van der Waals surface area contributed by atoms with E-state index in [0.29, 0.717) is 0 Å². The van der Waals surface area contributed by atoms with Crippen LogP contribution < -0.4 is 5.73 Å². The van der Waals surface area contributed by atoms with Crippen molar-refractivity contribution in [2.75, 3.05) is 0 Å². The van der Waals surface area contributed by atoms with Gasteiger partial charge in [-0.3, -0.25) is 0 Å². The van der Waals surface area contributed by atoms with Gasteiger partial charge in [0, 0.05) is 6.04 Å². The number of aryl methyl sites for hydroxylation is 1. The molecule has 0 spiro atoms. The molecule has 0 saturated carbocycles. The van der Waals surface area contributed by atoms with Gasteiger partial charge in [0.15, 0.2) is 0 Å². The van der Waals surface area contributed by atoms with Gasteiger partial charge in [-0.25, -0.2) is 4.39 Å². The molecule has 1 aromatic carbocycles. The highest BCUT2D eigenvalue weighted by atomic mass is 19.1. The van der Waals surface area contributed by atoms with Crippen molar-refractivity contribution >= 4 is 0 Å². The van der Waals surface area contributed by atoms with Gasteiger partial charge in [0.25, 0.3) is 0 Å². The minimum atomic E-state index is -0.193. The van der Waals surface area contributed by atoms with Crippen molar-refractivity contribution in [1.82, 2.24) is 0 Å². The molecule has 84 valence electrons. The molecule has 0 bridgehead atoms. The lowest BCUT2D eigenvalue weighted by Gasteiger charge is -2.14. The van der Waals surface area contributed by atoms with Crippen molar-refractivity contribution in [3.05, 3.63) is 35.1 Å². The second-order valence-electron chi connectivity index (χ2n) is 4.10. The first-order valence-electron chi connectivity index (χ1n) is 5.66. The number of halogens is 1. The first kappa shape index (κ1) is 12.2. The average Bonchev–Trinajstić information content (AvgIpc) is 2.22. The van der Waals surface area contributed by atoms with Crippen molar-refractivity contribution in [3.8, 4) is 0 Å². The highest BCUT2D eigenvalue weighted by Crippen LogP contribution is 2.21. The first-order valence-corrected chi connectivity index (χ1v) is 5.66. The van der Waals surface area contributed by atoms with Gasteiger partial charge < -0.3 is 5.73 Å². The predicted octanol–water partition coefficient (Wildman–Crippen LogP) is 3.71. The molecule has 0 aliphatic heterocycles. The van der Waals surface area contributed by atoms with E-state index in [4.69, 9.17) is 5.73 Å². The van der Waals surface area contributed by atoms with Gasteiger partial charge >= 0.3 is 0 Å². The van der Waals surface area contributed by atoms with Crippen LogP contribution in [-0.2, 0) is 0 Å². The Balaban J connectivity index is 2.64. The van der Waals surface area contributed by atoms with Gasteiger partial charge in [-0.05, 0) is 36.6 Å². The second-order valence-corrected chi connectivity index (χ2v) is 4.10. The SMILES string of the molecule is CCCCCC(N)c1cc(F)ccc1C. The summed E-state index contributed by atoms with van der Waals surface area (Å²) < 4.78 is 13.0. The number of benzene rings is 1. The number of rotatable bonds is 5. The average molecular weight is 209 g/mol. The lowest BCUT2D eigenvalue weighted by molar-refractivity contribution is 0.570. The summed E-state index contributed by atoms with van der Waals surface area (Å²) in [5, 5.41) is 0. The van der Waals surface area contributed by atoms with Crippen LogP contribution in [0.25, 0.3) is 0 Å². The fourth-order valence-electron chi connectivity index (χ4n) is 1.78. The molecule has 0 heterocycles. The molecule has 1 rings (SSSR count). The van der Waals surface area contributed by atoms with Crippen molar-refractivity contribution in [2.24, 2.45) is 5.73 Å². The molecular formula is C13H20FN. The van der Waals surface area contributed by atoms with Crippen molar-refractivity contribution < 1.29 is 4.39 Å². The van der Waals surface area contributed by atoms with E-state index in [1.807, 2.05) is 6.92 Å². The minimum Gasteiger partial charge on any atom is -0.324 e. The molecule has 0 aliphatic carbocycles.